The minimum atomic E-state index is -0.727. The average molecular weight is 264 g/mol. The van der Waals surface area contributed by atoms with Gasteiger partial charge in [-0.15, -0.1) is 0 Å². The van der Waals surface area contributed by atoms with Gasteiger partial charge >= 0.3 is 0 Å². The molecule has 1 aromatic carbocycles. The molecule has 0 N–H and O–H groups in total. The molecule has 2 heteroatoms. The quantitative estimate of drug-likeness (QED) is 0.470. The van der Waals surface area contributed by atoms with Crippen molar-refractivity contribution >= 4 is 0 Å². The lowest BCUT2D eigenvalue weighted by atomic mass is 9.83. The van der Waals surface area contributed by atoms with Crippen LogP contribution in [0.3, 0.4) is 0 Å². The second-order valence-corrected chi connectivity index (χ2v) is 5.43. The lowest BCUT2D eigenvalue weighted by Crippen LogP contribution is -2.07. The third-order valence-corrected chi connectivity index (χ3v) is 4.03. The van der Waals surface area contributed by atoms with Gasteiger partial charge in [0.1, 0.15) is 0 Å². The van der Waals surface area contributed by atoms with E-state index in [9.17, 15) is 8.78 Å². The van der Waals surface area contributed by atoms with Crippen molar-refractivity contribution in [1.82, 2.24) is 0 Å². The average Bonchev–Trinajstić information content (AvgIpc) is 2.43. The second-order valence-electron chi connectivity index (χ2n) is 5.43. The molecular weight excluding hydrogens is 242 g/mol. The molecule has 2 rings (SSSR count). The summed E-state index contributed by atoms with van der Waals surface area (Å²) in [5.74, 6) is -1.24. The summed E-state index contributed by atoms with van der Waals surface area (Å²) in [6.45, 7) is 2.21. The van der Waals surface area contributed by atoms with Crippen molar-refractivity contribution < 1.29 is 8.78 Å². The summed E-state index contributed by atoms with van der Waals surface area (Å²) in [5, 5.41) is 0. The summed E-state index contributed by atoms with van der Waals surface area (Å²) < 4.78 is 27.0. The third kappa shape index (κ3) is 3.65. The predicted octanol–water partition coefficient (Wildman–Crippen LogP) is 5.74. The highest BCUT2D eigenvalue weighted by Gasteiger charge is 2.20. The van der Waals surface area contributed by atoms with Crippen LogP contribution in [0, 0.1) is 11.6 Å². The normalized spacial score (nSPS) is 19.3. The molecular formula is C17H22F2. The zero-order chi connectivity index (χ0) is 13.7. The fraction of sp³-hybridized carbons (Fsp3) is 0.529. The van der Waals surface area contributed by atoms with Crippen LogP contribution in [0.2, 0.25) is 0 Å². The fourth-order valence-corrected chi connectivity index (χ4v) is 2.84. The van der Waals surface area contributed by atoms with Crippen molar-refractivity contribution in [2.45, 2.75) is 57.8 Å². The summed E-state index contributed by atoms with van der Waals surface area (Å²) in [6, 6.07) is 4.51. The highest BCUT2D eigenvalue weighted by Crippen LogP contribution is 2.35. The molecule has 1 aliphatic rings. The van der Waals surface area contributed by atoms with Gasteiger partial charge in [0.05, 0.1) is 0 Å². The zero-order valence-electron chi connectivity index (χ0n) is 11.6. The van der Waals surface area contributed by atoms with Crippen LogP contribution >= 0.6 is 0 Å². The van der Waals surface area contributed by atoms with Crippen molar-refractivity contribution in [3.05, 3.63) is 47.0 Å². The number of unbranched alkanes of at least 4 members (excludes halogenated alkanes) is 2. The molecule has 104 valence electrons. The molecule has 0 bridgehead atoms. The van der Waals surface area contributed by atoms with Crippen molar-refractivity contribution in [3.63, 3.8) is 0 Å². The van der Waals surface area contributed by atoms with Crippen LogP contribution < -0.4 is 0 Å². The van der Waals surface area contributed by atoms with Crippen LogP contribution in [0.5, 0.6) is 0 Å². The summed E-state index contributed by atoms with van der Waals surface area (Å²) in [6.07, 6.45) is 10.0. The van der Waals surface area contributed by atoms with Gasteiger partial charge in [-0.1, -0.05) is 43.5 Å². The van der Waals surface area contributed by atoms with Gasteiger partial charge in [0, 0.05) is 0 Å². The van der Waals surface area contributed by atoms with E-state index in [0.717, 1.165) is 19.3 Å². The van der Waals surface area contributed by atoms with Crippen LogP contribution in [-0.2, 0) is 0 Å². The van der Waals surface area contributed by atoms with Crippen LogP contribution in [0.4, 0.5) is 8.78 Å². The molecule has 0 fully saturated rings. The van der Waals surface area contributed by atoms with E-state index >= 15 is 0 Å². The molecule has 19 heavy (non-hydrogen) atoms. The molecule has 1 atom stereocenters. The molecule has 1 aliphatic carbocycles. The zero-order valence-corrected chi connectivity index (χ0v) is 11.6. The highest BCUT2D eigenvalue weighted by molar-refractivity contribution is 5.26. The monoisotopic (exact) mass is 264 g/mol. The van der Waals surface area contributed by atoms with Gasteiger partial charge in [0.25, 0.3) is 0 Å². The summed E-state index contributed by atoms with van der Waals surface area (Å²) in [7, 11) is 0. The first kappa shape index (κ1) is 14.2. The number of benzene rings is 1. The Kier molecular flexibility index (Phi) is 5.12. The molecule has 0 heterocycles. The number of hydrogen-bond acceptors (Lipinski definition) is 0. The van der Waals surface area contributed by atoms with Gasteiger partial charge in [-0.05, 0) is 49.7 Å². The minimum absolute atomic E-state index is 0.144. The lowest BCUT2D eigenvalue weighted by molar-refractivity contribution is 0.475. The van der Waals surface area contributed by atoms with E-state index in [1.54, 1.807) is 12.1 Å². The van der Waals surface area contributed by atoms with Crippen molar-refractivity contribution in [1.29, 1.82) is 0 Å². The molecule has 0 aromatic heterocycles. The van der Waals surface area contributed by atoms with Gasteiger partial charge in [-0.3, -0.25) is 0 Å². The van der Waals surface area contributed by atoms with E-state index in [-0.39, 0.29) is 5.92 Å². The molecule has 0 saturated heterocycles. The van der Waals surface area contributed by atoms with Gasteiger partial charge in [0.15, 0.2) is 11.6 Å². The Hall–Kier alpha value is -1.18. The summed E-state index contributed by atoms with van der Waals surface area (Å²) in [4.78, 5) is 0. The van der Waals surface area contributed by atoms with Gasteiger partial charge < -0.3 is 0 Å². The van der Waals surface area contributed by atoms with Crippen LogP contribution in [0.1, 0.15) is 63.4 Å². The number of rotatable bonds is 5. The molecule has 0 spiro atoms. The lowest BCUT2D eigenvalue weighted by Gasteiger charge is -2.23. The molecule has 0 saturated carbocycles. The van der Waals surface area contributed by atoms with E-state index < -0.39 is 11.6 Å². The Balaban J connectivity index is 1.97. The first-order valence-electron chi connectivity index (χ1n) is 7.34. The molecule has 1 aromatic rings. The standard InChI is InChI=1S/C17H22F2/c1-2-3-4-6-13-9-11-14(12-10-13)15-7-5-8-16(18)17(15)19/h5,7-9,14H,2-4,6,10-12H2,1H3. The first-order chi connectivity index (χ1) is 9.22. The van der Waals surface area contributed by atoms with E-state index in [0.29, 0.717) is 5.56 Å². The van der Waals surface area contributed by atoms with Crippen LogP contribution in [-0.4, -0.2) is 0 Å². The predicted molar refractivity (Wildman–Crippen MR) is 75.2 cm³/mol. The van der Waals surface area contributed by atoms with Gasteiger partial charge in [-0.25, -0.2) is 8.78 Å². The minimum Gasteiger partial charge on any atom is -0.204 e. The molecule has 1 unspecified atom stereocenters. The maximum absolute atomic E-state index is 13.7. The topological polar surface area (TPSA) is 0 Å². The Morgan fingerprint density at radius 3 is 2.74 bits per heavy atom. The number of halogens is 2. The van der Waals surface area contributed by atoms with E-state index in [4.69, 9.17) is 0 Å². The Morgan fingerprint density at radius 1 is 1.21 bits per heavy atom. The van der Waals surface area contributed by atoms with Crippen LogP contribution in [0.25, 0.3) is 0 Å². The van der Waals surface area contributed by atoms with Gasteiger partial charge in [0.2, 0.25) is 0 Å². The summed E-state index contributed by atoms with van der Waals surface area (Å²) in [5.41, 5.74) is 2.05. The maximum Gasteiger partial charge on any atom is 0.162 e. The van der Waals surface area contributed by atoms with E-state index in [2.05, 4.69) is 13.0 Å². The fourth-order valence-electron chi connectivity index (χ4n) is 2.84. The highest BCUT2D eigenvalue weighted by atomic mass is 19.2. The molecule has 0 aliphatic heterocycles. The smallest absolute Gasteiger partial charge is 0.162 e. The molecule has 0 nitrogen and oxygen atoms in total. The largest absolute Gasteiger partial charge is 0.204 e. The Labute approximate surface area is 114 Å². The maximum atomic E-state index is 13.7. The van der Waals surface area contributed by atoms with E-state index in [1.807, 2.05) is 0 Å². The second kappa shape index (κ2) is 6.83. The SMILES string of the molecule is CCCCCC1=CCC(c2cccc(F)c2F)CC1. The third-order valence-electron chi connectivity index (χ3n) is 4.03. The van der Waals surface area contributed by atoms with Crippen LogP contribution in [0.15, 0.2) is 29.8 Å². The van der Waals surface area contributed by atoms with Gasteiger partial charge in [-0.2, -0.15) is 0 Å². The van der Waals surface area contributed by atoms with Crippen molar-refractivity contribution in [2.75, 3.05) is 0 Å². The van der Waals surface area contributed by atoms with Crippen molar-refractivity contribution in [2.24, 2.45) is 0 Å². The summed E-state index contributed by atoms with van der Waals surface area (Å²) >= 11 is 0. The number of hydrogen-bond donors (Lipinski definition) is 0. The number of allylic oxidation sites excluding steroid dienone is 2. The molecule has 0 amide bonds. The Morgan fingerprint density at radius 2 is 2.05 bits per heavy atom. The Bertz CT molecular complexity index is 449. The van der Waals surface area contributed by atoms with E-state index in [1.165, 1.54) is 37.3 Å². The van der Waals surface area contributed by atoms with Crippen molar-refractivity contribution in [3.8, 4) is 0 Å². The first-order valence-corrected chi connectivity index (χ1v) is 7.34. The molecule has 0 radical (unpaired) electrons.